The Hall–Kier alpha value is -1.27. The third-order valence-corrected chi connectivity index (χ3v) is 3.13. The van der Waals surface area contributed by atoms with Gasteiger partial charge in [-0.1, -0.05) is 15.9 Å². The van der Waals surface area contributed by atoms with Crippen molar-refractivity contribution in [1.82, 2.24) is 5.32 Å². The van der Waals surface area contributed by atoms with Crippen LogP contribution < -0.4 is 15.8 Å². The highest BCUT2D eigenvalue weighted by Gasteiger charge is 2.23. The van der Waals surface area contributed by atoms with E-state index < -0.39 is 6.09 Å². The number of carbonyl (C=O) groups is 1. The first kappa shape index (κ1) is 13.2. The summed E-state index contributed by atoms with van der Waals surface area (Å²) in [6.07, 6.45) is -0.645. The minimum absolute atomic E-state index is 0.123. The van der Waals surface area contributed by atoms with Crippen LogP contribution in [0.15, 0.2) is 22.7 Å². The Morgan fingerprint density at radius 3 is 3.06 bits per heavy atom. The van der Waals surface area contributed by atoms with E-state index in [-0.39, 0.29) is 12.1 Å². The molecule has 98 valence electrons. The second-order valence-electron chi connectivity index (χ2n) is 4.19. The zero-order valence-electron chi connectivity index (χ0n) is 9.98. The molecule has 1 heterocycles. The highest BCUT2D eigenvalue weighted by molar-refractivity contribution is 9.10. The van der Waals surface area contributed by atoms with Crippen molar-refractivity contribution in [3.05, 3.63) is 28.2 Å². The second kappa shape index (κ2) is 5.58. The number of rotatable bonds is 4. The number of ether oxygens (including phenoxy) is 2. The van der Waals surface area contributed by atoms with Crippen LogP contribution in [0.5, 0.6) is 5.75 Å². The van der Waals surface area contributed by atoms with Crippen molar-refractivity contribution in [3.8, 4) is 5.75 Å². The van der Waals surface area contributed by atoms with Crippen LogP contribution in [0.2, 0.25) is 0 Å². The standard InChI is InChI=1S/C12H15BrN2O3/c1-7(14)10-4-8(13)2-3-11(10)17-6-9-5-15-12(16)18-9/h2-4,7,9H,5-6,14H2,1H3,(H,15,16). The first-order valence-corrected chi connectivity index (χ1v) is 6.48. The van der Waals surface area contributed by atoms with Gasteiger partial charge in [-0.15, -0.1) is 0 Å². The van der Waals surface area contributed by atoms with Gasteiger partial charge in [0.15, 0.2) is 6.10 Å². The first-order chi connectivity index (χ1) is 8.56. The number of hydrogen-bond donors (Lipinski definition) is 2. The summed E-state index contributed by atoms with van der Waals surface area (Å²) >= 11 is 3.40. The molecule has 3 N–H and O–H groups in total. The van der Waals surface area contributed by atoms with E-state index in [1.165, 1.54) is 0 Å². The van der Waals surface area contributed by atoms with Crippen LogP contribution >= 0.6 is 15.9 Å². The molecule has 1 aliphatic rings. The van der Waals surface area contributed by atoms with Crippen LogP contribution in [0.1, 0.15) is 18.5 Å². The van der Waals surface area contributed by atoms with Crippen molar-refractivity contribution in [1.29, 1.82) is 0 Å². The van der Waals surface area contributed by atoms with E-state index in [1.807, 2.05) is 25.1 Å². The van der Waals surface area contributed by atoms with Crippen LogP contribution in [0.4, 0.5) is 4.79 Å². The Balaban J connectivity index is 2.02. The summed E-state index contributed by atoms with van der Waals surface area (Å²) in [4.78, 5) is 10.9. The van der Waals surface area contributed by atoms with Gasteiger partial charge in [0.25, 0.3) is 0 Å². The number of amides is 1. The zero-order valence-corrected chi connectivity index (χ0v) is 11.6. The summed E-state index contributed by atoms with van der Waals surface area (Å²) in [5, 5.41) is 2.58. The molecule has 1 saturated heterocycles. The topological polar surface area (TPSA) is 73.6 Å². The number of nitrogens with one attached hydrogen (secondary N) is 1. The number of nitrogens with two attached hydrogens (primary N) is 1. The third kappa shape index (κ3) is 3.14. The fourth-order valence-corrected chi connectivity index (χ4v) is 2.09. The molecule has 1 fully saturated rings. The maximum atomic E-state index is 10.9. The first-order valence-electron chi connectivity index (χ1n) is 5.68. The molecule has 1 aromatic rings. The van der Waals surface area contributed by atoms with Crippen molar-refractivity contribution < 1.29 is 14.3 Å². The molecular formula is C12H15BrN2O3. The van der Waals surface area contributed by atoms with Gasteiger partial charge in [-0.25, -0.2) is 4.79 Å². The molecule has 1 aromatic carbocycles. The molecule has 1 amide bonds. The van der Waals surface area contributed by atoms with E-state index in [4.69, 9.17) is 15.2 Å². The predicted octanol–water partition coefficient (Wildman–Crippen LogP) is 1.96. The monoisotopic (exact) mass is 314 g/mol. The molecule has 0 aromatic heterocycles. The van der Waals surface area contributed by atoms with Gasteiger partial charge in [0.05, 0.1) is 6.54 Å². The van der Waals surface area contributed by atoms with Gasteiger partial charge in [0.2, 0.25) is 0 Å². The average molecular weight is 315 g/mol. The number of alkyl carbamates (subject to hydrolysis) is 1. The van der Waals surface area contributed by atoms with Crippen molar-refractivity contribution in [3.63, 3.8) is 0 Å². The Morgan fingerprint density at radius 1 is 1.67 bits per heavy atom. The van der Waals surface area contributed by atoms with Gasteiger partial charge in [-0.2, -0.15) is 0 Å². The highest BCUT2D eigenvalue weighted by Crippen LogP contribution is 2.27. The lowest BCUT2D eigenvalue weighted by Gasteiger charge is -2.16. The van der Waals surface area contributed by atoms with Gasteiger partial charge < -0.3 is 20.5 Å². The van der Waals surface area contributed by atoms with Crippen molar-refractivity contribution >= 4 is 22.0 Å². The highest BCUT2D eigenvalue weighted by atomic mass is 79.9. The molecular weight excluding hydrogens is 300 g/mol. The summed E-state index contributed by atoms with van der Waals surface area (Å²) in [5.74, 6) is 0.719. The third-order valence-electron chi connectivity index (χ3n) is 2.63. The maximum Gasteiger partial charge on any atom is 0.407 e. The number of cyclic esters (lactones) is 1. The van der Waals surface area contributed by atoms with E-state index in [1.54, 1.807) is 0 Å². The van der Waals surface area contributed by atoms with Gasteiger partial charge in [-0.3, -0.25) is 0 Å². The minimum atomic E-state index is -0.396. The summed E-state index contributed by atoms with van der Waals surface area (Å²) in [6, 6.07) is 5.55. The lowest BCUT2D eigenvalue weighted by molar-refractivity contribution is 0.104. The Labute approximate surface area is 114 Å². The smallest absolute Gasteiger partial charge is 0.407 e. The van der Waals surface area contributed by atoms with Gasteiger partial charge in [0.1, 0.15) is 12.4 Å². The molecule has 18 heavy (non-hydrogen) atoms. The Bertz CT molecular complexity index is 451. The van der Waals surface area contributed by atoms with E-state index in [9.17, 15) is 4.79 Å². The number of carbonyl (C=O) groups excluding carboxylic acids is 1. The average Bonchev–Trinajstić information content (AvgIpc) is 2.73. The predicted molar refractivity (Wildman–Crippen MR) is 70.5 cm³/mol. The molecule has 2 rings (SSSR count). The molecule has 1 aliphatic heterocycles. The maximum absolute atomic E-state index is 10.9. The normalized spacial score (nSPS) is 20.2. The zero-order chi connectivity index (χ0) is 13.1. The van der Waals surface area contributed by atoms with Crippen LogP contribution in [-0.4, -0.2) is 25.3 Å². The number of benzene rings is 1. The molecule has 5 nitrogen and oxygen atoms in total. The molecule has 0 spiro atoms. The second-order valence-corrected chi connectivity index (χ2v) is 5.11. The Kier molecular flexibility index (Phi) is 4.08. The quantitative estimate of drug-likeness (QED) is 0.891. The van der Waals surface area contributed by atoms with Crippen molar-refractivity contribution in [2.24, 2.45) is 5.73 Å². The molecule has 0 bridgehead atoms. The fraction of sp³-hybridized carbons (Fsp3) is 0.417. The van der Waals surface area contributed by atoms with Crippen LogP contribution in [0.25, 0.3) is 0 Å². The van der Waals surface area contributed by atoms with Crippen LogP contribution in [0, 0.1) is 0 Å². The molecule has 0 aliphatic carbocycles. The van der Waals surface area contributed by atoms with Gasteiger partial charge in [-0.05, 0) is 25.1 Å². The molecule has 2 unspecified atom stereocenters. The Morgan fingerprint density at radius 2 is 2.44 bits per heavy atom. The van der Waals surface area contributed by atoms with E-state index in [2.05, 4.69) is 21.2 Å². The fourth-order valence-electron chi connectivity index (χ4n) is 1.71. The lowest BCUT2D eigenvalue weighted by atomic mass is 10.1. The largest absolute Gasteiger partial charge is 0.489 e. The van der Waals surface area contributed by atoms with Crippen molar-refractivity contribution in [2.45, 2.75) is 19.1 Å². The van der Waals surface area contributed by atoms with E-state index >= 15 is 0 Å². The van der Waals surface area contributed by atoms with Gasteiger partial charge in [0, 0.05) is 16.1 Å². The minimum Gasteiger partial charge on any atom is -0.489 e. The molecule has 0 radical (unpaired) electrons. The van der Waals surface area contributed by atoms with Crippen molar-refractivity contribution in [2.75, 3.05) is 13.2 Å². The summed E-state index contributed by atoms with van der Waals surface area (Å²) < 4.78 is 11.6. The summed E-state index contributed by atoms with van der Waals surface area (Å²) in [6.45, 7) is 2.69. The SMILES string of the molecule is CC(N)c1cc(Br)ccc1OCC1CNC(=O)O1. The van der Waals surface area contributed by atoms with Gasteiger partial charge >= 0.3 is 6.09 Å². The number of hydrogen-bond acceptors (Lipinski definition) is 4. The van der Waals surface area contributed by atoms with Crippen LogP contribution in [0.3, 0.4) is 0 Å². The van der Waals surface area contributed by atoms with E-state index in [0.29, 0.717) is 13.2 Å². The molecule has 0 saturated carbocycles. The summed E-state index contributed by atoms with van der Waals surface area (Å²) in [5.41, 5.74) is 6.81. The summed E-state index contributed by atoms with van der Waals surface area (Å²) in [7, 11) is 0. The van der Waals surface area contributed by atoms with Crippen LogP contribution in [-0.2, 0) is 4.74 Å². The van der Waals surface area contributed by atoms with E-state index in [0.717, 1.165) is 15.8 Å². The molecule has 6 heteroatoms. The molecule has 2 atom stereocenters. The number of halogens is 1. The lowest BCUT2D eigenvalue weighted by Crippen LogP contribution is -2.22.